The monoisotopic (exact) mass is 391 g/mol. The molecular formula is C19H17N7OS. The normalized spacial score (nSPS) is 10.8. The Kier molecular flexibility index (Phi) is 4.90. The number of anilines is 2. The Balaban J connectivity index is 1.60. The molecule has 9 heteroatoms. The van der Waals surface area contributed by atoms with E-state index in [1.165, 1.54) is 11.9 Å². The summed E-state index contributed by atoms with van der Waals surface area (Å²) in [6.45, 7) is 1.74. The Labute approximate surface area is 165 Å². The lowest BCUT2D eigenvalue weighted by Crippen LogP contribution is -2.16. The second kappa shape index (κ2) is 7.65. The van der Waals surface area contributed by atoms with Gasteiger partial charge in [-0.25, -0.2) is 4.98 Å². The molecule has 0 bridgehead atoms. The minimum Gasteiger partial charge on any atom is -0.351 e. The number of aromatic nitrogens is 5. The Hall–Kier alpha value is -3.46. The van der Waals surface area contributed by atoms with Gasteiger partial charge in [-0.05, 0) is 43.3 Å². The molecular weight excluding hydrogens is 374 g/mol. The molecule has 0 fully saturated rings. The Morgan fingerprint density at radius 3 is 2.79 bits per heavy atom. The number of benzene rings is 1. The van der Waals surface area contributed by atoms with Gasteiger partial charge in [-0.2, -0.15) is 9.97 Å². The number of rotatable bonds is 5. The van der Waals surface area contributed by atoms with Gasteiger partial charge in [-0.3, -0.25) is 15.1 Å². The van der Waals surface area contributed by atoms with Gasteiger partial charge in [0.15, 0.2) is 5.82 Å². The number of aromatic amines is 1. The van der Waals surface area contributed by atoms with Crippen molar-refractivity contribution in [1.82, 2.24) is 24.9 Å². The number of nitrogens with one attached hydrogen (secondary N) is 3. The van der Waals surface area contributed by atoms with Gasteiger partial charge in [-0.15, -0.1) is 0 Å². The largest absolute Gasteiger partial charge is 0.351 e. The van der Waals surface area contributed by atoms with Crippen molar-refractivity contribution < 1.29 is 4.79 Å². The van der Waals surface area contributed by atoms with Crippen LogP contribution >= 0.6 is 11.9 Å². The number of carbonyl (C=O) groups excluding carboxylic acids is 1. The predicted octanol–water partition coefficient (Wildman–Crippen LogP) is 3.67. The molecule has 1 aromatic carbocycles. The Bertz CT molecular complexity index is 1140. The molecule has 0 radical (unpaired) electrons. The van der Waals surface area contributed by atoms with E-state index in [0.717, 1.165) is 16.6 Å². The van der Waals surface area contributed by atoms with Crippen molar-refractivity contribution in [3.8, 4) is 11.5 Å². The molecule has 4 aromatic rings. The summed E-state index contributed by atoms with van der Waals surface area (Å²) in [6, 6.07) is 13.1. The molecule has 140 valence electrons. The zero-order valence-electron chi connectivity index (χ0n) is 15.2. The van der Waals surface area contributed by atoms with Crippen LogP contribution in [-0.2, 0) is 0 Å². The maximum absolute atomic E-state index is 12.7. The Morgan fingerprint density at radius 1 is 1.11 bits per heavy atom. The van der Waals surface area contributed by atoms with E-state index >= 15 is 0 Å². The van der Waals surface area contributed by atoms with E-state index < -0.39 is 0 Å². The number of pyridine rings is 1. The molecule has 0 aliphatic carbocycles. The number of hydrogen-bond acceptors (Lipinski definition) is 7. The van der Waals surface area contributed by atoms with Crippen LogP contribution in [0.25, 0.3) is 22.4 Å². The smallest absolute Gasteiger partial charge is 0.274 e. The molecule has 0 atom stereocenters. The van der Waals surface area contributed by atoms with E-state index in [2.05, 4.69) is 35.0 Å². The van der Waals surface area contributed by atoms with Crippen LogP contribution < -0.4 is 10.0 Å². The molecule has 3 aromatic heterocycles. The highest BCUT2D eigenvalue weighted by molar-refractivity contribution is 7.99. The molecule has 0 aliphatic rings. The summed E-state index contributed by atoms with van der Waals surface area (Å²) in [5, 5.41) is 3.67. The second-order valence-electron chi connectivity index (χ2n) is 5.99. The van der Waals surface area contributed by atoms with Crippen LogP contribution in [0, 0.1) is 6.92 Å². The summed E-state index contributed by atoms with van der Waals surface area (Å²) in [7, 11) is 0. The van der Waals surface area contributed by atoms with Gasteiger partial charge in [0.05, 0.1) is 0 Å². The van der Waals surface area contributed by atoms with Gasteiger partial charge < -0.3 is 9.71 Å². The third-order valence-electron chi connectivity index (χ3n) is 3.95. The third-order valence-corrected chi connectivity index (χ3v) is 4.39. The number of carbonyl (C=O) groups is 1. The van der Waals surface area contributed by atoms with Crippen molar-refractivity contribution in [3.63, 3.8) is 0 Å². The van der Waals surface area contributed by atoms with Crippen molar-refractivity contribution in [2.45, 2.75) is 6.92 Å². The van der Waals surface area contributed by atoms with Gasteiger partial charge in [0.1, 0.15) is 17.2 Å². The van der Waals surface area contributed by atoms with Gasteiger partial charge in [0.25, 0.3) is 5.91 Å². The third kappa shape index (κ3) is 3.79. The molecule has 1 amide bonds. The molecule has 0 unspecified atom stereocenters. The van der Waals surface area contributed by atoms with Crippen LogP contribution in [0.15, 0.2) is 48.7 Å². The molecule has 0 saturated carbocycles. The van der Waals surface area contributed by atoms with E-state index in [1.807, 2.05) is 36.6 Å². The molecule has 8 nitrogen and oxygen atoms in total. The van der Waals surface area contributed by atoms with Crippen molar-refractivity contribution in [2.24, 2.45) is 0 Å². The topological polar surface area (TPSA) is 108 Å². The van der Waals surface area contributed by atoms with Crippen LogP contribution in [0.1, 0.15) is 16.3 Å². The first kappa shape index (κ1) is 17.9. The molecule has 28 heavy (non-hydrogen) atoms. The number of amides is 1. The van der Waals surface area contributed by atoms with Crippen molar-refractivity contribution in [2.75, 3.05) is 16.3 Å². The van der Waals surface area contributed by atoms with E-state index in [-0.39, 0.29) is 11.9 Å². The van der Waals surface area contributed by atoms with Crippen LogP contribution in [0.3, 0.4) is 0 Å². The molecule has 0 spiro atoms. The maximum atomic E-state index is 12.7. The predicted molar refractivity (Wildman–Crippen MR) is 111 cm³/mol. The van der Waals surface area contributed by atoms with E-state index in [4.69, 9.17) is 0 Å². The zero-order chi connectivity index (χ0) is 19.5. The maximum Gasteiger partial charge on any atom is 0.274 e. The highest BCUT2D eigenvalue weighted by Crippen LogP contribution is 2.22. The van der Waals surface area contributed by atoms with E-state index in [0.29, 0.717) is 23.0 Å². The van der Waals surface area contributed by atoms with Crippen molar-refractivity contribution in [3.05, 3.63) is 60.2 Å². The number of H-pyrrole nitrogens is 1. The fourth-order valence-corrected chi connectivity index (χ4v) is 3.12. The standard InChI is InChI=1S/C19H17N7OS/c1-11-21-17(15-5-3-4-8-20-15)24-19(22-11)25-18(27)16-10-12-9-13(26-28-2)6-7-14(12)23-16/h3-10,23,26H,1-2H3,(H,21,22,24,25,27). The van der Waals surface area contributed by atoms with Crippen molar-refractivity contribution in [1.29, 1.82) is 0 Å². The van der Waals surface area contributed by atoms with Crippen molar-refractivity contribution >= 4 is 40.4 Å². The fourth-order valence-electron chi connectivity index (χ4n) is 2.75. The summed E-state index contributed by atoms with van der Waals surface area (Å²) in [5.74, 6) is 0.762. The van der Waals surface area contributed by atoms with Crippen LogP contribution in [-0.4, -0.2) is 37.1 Å². The Morgan fingerprint density at radius 2 is 2.00 bits per heavy atom. The number of nitrogens with zero attached hydrogens (tertiary/aromatic N) is 4. The lowest BCUT2D eigenvalue weighted by molar-refractivity contribution is 0.102. The minimum absolute atomic E-state index is 0.182. The molecule has 0 saturated heterocycles. The fraction of sp³-hybridized carbons (Fsp3) is 0.105. The zero-order valence-corrected chi connectivity index (χ0v) is 16.0. The summed E-state index contributed by atoms with van der Waals surface area (Å²) in [4.78, 5) is 32.9. The summed E-state index contributed by atoms with van der Waals surface area (Å²) in [6.07, 6.45) is 3.62. The number of hydrogen-bond donors (Lipinski definition) is 3. The van der Waals surface area contributed by atoms with Gasteiger partial charge in [-0.1, -0.05) is 18.0 Å². The average molecular weight is 391 g/mol. The average Bonchev–Trinajstić information content (AvgIpc) is 3.12. The first-order valence-electron chi connectivity index (χ1n) is 8.49. The highest BCUT2D eigenvalue weighted by atomic mass is 32.2. The highest BCUT2D eigenvalue weighted by Gasteiger charge is 2.14. The van der Waals surface area contributed by atoms with Gasteiger partial charge in [0.2, 0.25) is 5.95 Å². The number of fused-ring (bicyclic) bond motifs is 1. The molecule has 3 N–H and O–H groups in total. The minimum atomic E-state index is -0.326. The first-order valence-corrected chi connectivity index (χ1v) is 9.72. The summed E-state index contributed by atoms with van der Waals surface area (Å²) >= 11 is 1.51. The second-order valence-corrected chi connectivity index (χ2v) is 6.60. The lowest BCUT2D eigenvalue weighted by atomic mass is 10.2. The van der Waals surface area contributed by atoms with E-state index in [1.54, 1.807) is 25.3 Å². The molecule has 0 aliphatic heterocycles. The summed E-state index contributed by atoms with van der Waals surface area (Å²) in [5.41, 5.74) is 2.88. The number of aryl methyl sites for hydroxylation is 1. The quantitative estimate of drug-likeness (QED) is 0.445. The summed E-state index contributed by atoms with van der Waals surface area (Å²) < 4.78 is 3.18. The van der Waals surface area contributed by atoms with Crippen LogP contribution in [0.4, 0.5) is 11.6 Å². The lowest BCUT2D eigenvalue weighted by Gasteiger charge is -2.05. The molecule has 3 heterocycles. The van der Waals surface area contributed by atoms with Gasteiger partial charge >= 0.3 is 0 Å². The SMILES string of the molecule is CSNc1ccc2[nH]c(C(=O)Nc3nc(C)nc(-c4ccccn4)n3)cc2c1. The van der Waals surface area contributed by atoms with Crippen LogP contribution in [0.2, 0.25) is 0 Å². The molecule has 4 rings (SSSR count). The van der Waals surface area contributed by atoms with E-state index in [9.17, 15) is 4.79 Å². The van der Waals surface area contributed by atoms with Gasteiger partial charge in [0, 0.05) is 29.0 Å². The first-order chi connectivity index (χ1) is 13.6. The van der Waals surface area contributed by atoms with Crippen LogP contribution in [0.5, 0.6) is 0 Å².